The van der Waals surface area contributed by atoms with Crippen molar-refractivity contribution in [2.75, 3.05) is 13.6 Å². The van der Waals surface area contributed by atoms with Gasteiger partial charge in [0.15, 0.2) is 0 Å². The van der Waals surface area contributed by atoms with E-state index in [-0.39, 0.29) is 4.90 Å². The van der Waals surface area contributed by atoms with Gasteiger partial charge in [0.25, 0.3) is 0 Å². The second-order valence-corrected chi connectivity index (χ2v) is 6.75. The minimum atomic E-state index is -3.43. The molecule has 0 aliphatic rings. The van der Waals surface area contributed by atoms with Gasteiger partial charge in [-0.25, -0.2) is 17.7 Å². The first-order valence-corrected chi connectivity index (χ1v) is 7.79. The predicted molar refractivity (Wildman–Crippen MR) is 76.9 cm³/mol. The Morgan fingerprint density at radius 1 is 1.26 bits per heavy atom. The number of fused-ring (bicyclic) bond motifs is 1. The molecule has 0 saturated heterocycles. The number of benzene rings is 1. The van der Waals surface area contributed by atoms with Crippen LogP contribution in [0.4, 0.5) is 0 Å². The molecule has 1 aromatic heterocycles. The van der Waals surface area contributed by atoms with Gasteiger partial charge >= 0.3 is 0 Å². The van der Waals surface area contributed by atoms with Gasteiger partial charge in [-0.1, -0.05) is 18.5 Å². The third-order valence-electron chi connectivity index (χ3n) is 2.87. The highest BCUT2D eigenvalue weighted by Crippen LogP contribution is 2.21. The van der Waals surface area contributed by atoms with Crippen LogP contribution in [0.15, 0.2) is 35.2 Å². The first-order chi connectivity index (χ1) is 8.95. The lowest BCUT2D eigenvalue weighted by atomic mass is 10.2. The van der Waals surface area contributed by atoms with Crippen LogP contribution in [0.1, 0.15) is 13.3 Å². The Bertz CT molecular complexity index is 701. The Morgan fingerprint density at radius 3 is 2.68 bits per heavy atom. The standard InChI is InChI=1S/C13H15ClN2O2S/c1-3-8-16(2)19(17,18)11-5-6-12-10(9-11)4-7-13(14)15-12/h4-7,9H,3,8H2,1-2H3. The maximum absolute atomic E-state index is 12.3. The SMILES string of the molecule is CCCN(C)S(=O)(=O)c1ccc2nc(Cl)ccc2c1. The molecule has 0 N–H and O–H groups in total. The van der Waals surface area contributed by atoms with Crippen LogP contribution in [0.2, 0.25) is 5.15 Å². The van der Waals surface area contributed by atoms with Gasteiger partial charge in [0.1, 0.15) is 5.15 Å². The highest BCUT2D eigenvalue weighted by molar-refractivity contribution is 7.89. The molecule has 0 aliphatic heterocycles. The number of rotatable bonds is 4. The van der Waals surface area contributed by atoms with E-state index < -0.39 is 10.0 Å². The fraction of sp³-hybridized carbons (Fsp3) is 0.308. The van der Waals surface area contributed by atoms with Gasteiger partial charge in [0, 0.05) is 19.0 Å². The second kappa shape index (κ2) is 5.45. The van der Waals surface area contributed by atoms with Gasteiger partial charge in [-0.3, -0.25) is 0 Å². The van der Waals surface area contributed by atoms with Crippen LogP contribution >= 0.6 is 11.6 Å². The second-order valence-electron chi connectivity index (χ2n) is 4.32. The molecule has 0 saturated carbocycles. The summed E-state index contributed by atoms with van der Waals surface area (Å²) < 4.78 is 26.0. The van der Waals surface area contributed by atoms with E-state index in [4.69, 9.17) is 11.6 Å². The van der Waals surface area contributed by atoms with Crippen molar-refractivity contribution in [3.63, 3.8) is 0 Å². The molecule has 0 atom stereocenters. The molecule has 0 bridgehead atoms. The number of hydrogen-bond donors (Lipinski definition) is 0. The summed E-state index contributed by atoms with van der Waals surface area (Å²) in [5.41, 5.74) is 0.685. The Labute approximate surface area is 118 Å². The van der Waals surface area contributed by atoms with Crippen molar-refractivity contribution in [2.45, 2.75) is 18.2 Å². The summed E-state index contributed by atoms with van der Waals surface area (Å²) >= 11 is 5.80. The molecule has 2 aromatic rings. The largest absolute Gasteiger partial charge is 0.242 e. The first kappa shape index (κ1) is 14.2. The van der Waals surface area contributed by atoms with Gasteiger partial charge in [-0.2, -0.15) is 0 Å². The topological polar surface area (TPSA) is 50.3 Å². The first-order valence-electron chi connectivity index (χ1n) is 5.98. The van der Waals surface area contributed by atoms with Crippen LogP contribution in [-0.4, -0.2) is 31.3 Å². The Hall–Kier alpha value is -1.17. The molecule has 19 heavy (non-hydrogen) atoms. The Morgan fingerprint density at radius 2 is 2.00 bits per heavy atom. The van der Waals surface area contributed by atoms with E-state index in [1.54, 1.807) is 37.4 Å². The zero-order valence-corrected chi connectivity index (χ0v) is 12.4. The molecule has 0 aliphatic carbocycles. The summed E-state index contributed by atoms with van der Waals surface area (Å²) in [4.78, 5) is 4.41. The van der Waals surface area contributed by atoms with Crippen molar-refractivity contribution < 1.29 is 8.42 Å². The molecule has 102 valence electrons. The third kappa shape index (κ3) is 2.88. The molecular formula is C13H15ClN2O2S. The summed E-state index contributed by atoms with van der Waals surface area (Å²) in [5.74, 6) is 0. The fourth-order valence-electron chi connectivity index (χ4n) is 1.85. The van der Waals surface area contributed by atoms with E-state index in [9.17, 15) is 8.42 Å². The molecular weight excluding hydrogens is 284 g/mol. The van der Waals surface area contributed by atoms with Crippen LogP contribution < -0.4 is 0 Å². The van der Waals surface area contributed by atoms with Crippen molar-refractivity contribution in [1.29, 1.82) is 0 Å². The minimum Gasteiger partial charge on any atom is -0.236 e. The van der Waals surface area contributed by atoms with Crippen LogP contribution in [0.3, 0.4) is 0 Å². The number of aromatic nitrogens is 1. The Balaban J connectivity index is 2.49. The molecule has 0 fully saturated rings. The molecule has 0 spiro atoms. The van der Waals surface area contributed by atoms with Gasteiger partial charge < -0.3 is 0 Å². The normalized spacial score (nSPS) is 12.2. The van der Waals surface area contributed by atoms with E-state index in [0.717, 1.165) is 11.8 Å². The third-order valence-corrected chi connectivity index (χ3v) is 4.94. The summed E-state index contributed by atoms with van der Waals surface area (Å²) in [7, 11) is -1.84. The smallest absolute Gasteiger partial charge is 0.236 e. The maximum Gasteiger partial charge on any atom is 0.242 e. The van der Waals surface area contributed by atoms with Crippen molar-refractivity contribution in [2.24, 2.45) is 0 Å². The minimum absolute atomic E-state index is 0.278. The van der Waals surface area contributed by atoms with Crippen LogP contribution in [0, 0.1) is 0 Å². The van der Waals surface area contributed by atoms with Crippen molar-refractivity contribution in [3.8, 4) is 0 Å². The lowest BCUT2D eigenvalue weighted by molar-refractivity contribution is 0.468. The maximum atomic E-state index is 12.3. The lowest BCUT2D eigenvalue weighted by Crippen LogP contribution is -2.27. The molecule has 1 heterocycles. The fourth-order valence-corrected chi connectivity index (χ4v) is 3.31. The Kier molecular flexibility index (Phi) is 4.08. The number of sulfonamides is 1. The molecule has 6 heteroatoms. The van der Waals surface area contributed by atoms with Crippen molar-refractivity contribution >= 4 is 32.5 Å². The van der Waals surface area contributed by atoms with Crippen molar-refractivity contribution in [1.82, 2.24) is 9.29 Å². The van der Waals surface area contributed by atoms with Gasteiger partial charge in [-0.05, 0) is 36.8 Å². The molecule has 0 radical (unpaired) electrons. The molecule has 0 unspecified atom stereocenters. The van der Waals surface area contributed by atoms with E-state index >= 15 is 0 Å². The lowest BCUT2D eigenvalue weighted by Gasteiger charge is -2.16. The molecule has 0 amide bonds. The van der Waals surface area contributed by atoms with Crippen LogP contribution in [-0.2, 0) is 10.0 Å². The van der Waals surface area contributed by atoms with Crippen LogP contribution in [0.5, 0.6) is 0 Å². The summed E-state index contributed by atoms with van der Waals surface area (Å²) in [6.07, 6.45) is 0.778. The number of nitrogens with zero attached hydrogens (tertiary/aromatic N) is 2. The van der Waals surface area contributed by atoms with Gasteiger partial charge in [0.2, 0.25) is 10.0 Å². The highest BCUT2D eigenvalue weighted by Gasteiger charge is 2.20. The molecule has 1 aromatic carbocycles. The summed E-state index contributed by atoms with van der Waals surface area (Å²) in [5, 5.41) is 1.15. The van der Waals surface area contributed by atoms with Crippen molar-refractivity contribution in [3.05, 3.63) is 35.5 Å². The van der Waals surface area contributed by atoms with E-state index in [1.807, 2.05) is 6.92 Å². The van der Waals surface area contributed by atoms with Crippen LogP contribution in [0.25, 0.3) is 10.9 Å². The average molecular weight is 299 g/mol. The molecule has 2 rings (SSSR count). The number of hydrogen-bond acceptors (Lipinski definition) is 3. The van der Waals surface area contributed by atoms with Gasteiger partial charge in [0.05, 0.1) is 10.4 Å². The van der Waals surface area contributed by atoms with E-state index in [2.05, 4.69) is 4.98 Å². The summed E-state index contributed by atoms with van der Waals surface area (Å²) in [6.45, 7) is 2.44. The van der Waals surface area contributed by atoms with E-state index in [0.29, 0.717) is 17.2 Å². The van der Waals surface area contributed by atoms with E-state index in [1.165, 1.54) is 4.31 Å². The predicted octanol–water partition coefficient (Wildman–Crippen LogP) is 2.92. The monoisotopic (exact) mass is 298 g/mol. The number of pyridine rings is 1. The zero-order valence-electron chi connectivity index (χ0n) is 10.8. The highest BCUT2D eigenvalue weighted by atomic mass is 35.5. The summed E-state index contributed by atoms with van der Waals surface area (Å²) in [6, 6.07) is 8.28. The molecule has 4 nitrogen and oxygen atoms in total. The zero-order chi connectivity index (χ0) is 14.0. The average Bonchev–Trinajstić information content (AvgIpc) is 2.38. The van der Waals surface area contributed by atoms with Gasteiger partial charge in [-0.15, -0.1) is 0 Å². The number of halogens is 1. The quantitative estimate of drug-likeness (QED) is 0.816.